The zero-order valence-corrected chi connectivity index (χ0v) is 11.5. The van der Waals surface area contributed by atoms with Crippen molar-refractivity contribution in [3.05, 3.63) is 21.3 Å². The van der Waals surface area contributed by atoms with Crippen molar-refractivity contribution >= 4 is 50.6 Å². The molecule has 1 aliphatic rings. The average Bonchev–Trinajstić information content (AvgIpc) is 2.62. The Morgan fingerprint density at radius 1 is 1.50 bits per heavy atom. The van der Waals surface area contributed by atoms with Crippen molar-refractivity contribution in [1.29, 1.82) is 0 Å². The number of rotatable bonds is 1. The van der Waals surface area contributed by atoms with Crippen LogP contribution in [-0.4, -0.2) is 22.6 Å². The molecule has 2 rings (SSSR count). The maximum Gasteiger partial charge on any atom is 0.236 e. The molecule has 1 aromatic heterocycles. The number of amides is 1. The van der Waals surface area contributed by atoms with Crippen molar-refractivity contribution in [2.24, 2.45) is 0 Å². The Balaban J connectivity index is 2.38. The predicted molar refractivity (Wildman–Crippen MR) is 67.4 cm³/mol. The second-order valence-electron chi connectivity index (χ2n) is 3.67. The summed E-state index contributed by atoms with van der Waals surface area (Å²) >= 11 is 10.6. The van der Waals surface area contributed by atoms with Crippen LogP contribution in [0.5, 0.6) is 0 Å². The van der Waals surface area contributed by atoms with Gasteiger partial charge in [-0.1, -0.05) is 27.5 Å². The zero-order chi connectivity index (χ0) is 11.9. The summed E-state index contributed by atoms with van der Waals surface area (Å²) in [5, 5.41) is 5.02. The van der Waals surface area contributed by atoms with Crippen LogP contribution in [0.25, 0.3) is 0 Å². The summed E-state index contributed by atoms with van der Waals surface area (Å²) in [5.74, 6) is -1.16. The fraction of sp³-hybridized carbons (Fsp3) is 0.400. The van der Waals surface area contributed by atoms with Crippen molar-refractivity contribution in [2.75, 3.05) is 0 Å². The lowest BCUT2D eigenvalue weighted by molar-refractivity contribution is -0.133. The zero-order valence-electron chi connectivity index (χ0n) is 8.37. The standard InChI is InChI=1S/C10H9BrClNO2S/c1-4-7(11)8(14)6(10(15)13-4)9-5(12)2-3-16-9/h2-4,6-7H,1H3,(H,13,15). The van der Waals surface area contributed by atoms with E-state index in [1.165, 1.54) is 11.3 Å². The summed E-state index contributed by atoms with van der Waals surface area (Å²) in [5.41, 5.74) is 0. The molecule has 0 aromatic carbocycles. The molecule has 3 unspecified atom stereocenters. The molecular formula is C10H9BrClNO2S. The Bertz CT molecular complexity index is 448. The van der Waals surface area contributed by atoms with Gasteiger partial charge in [0.05, 0.1) is 9.85 Å². The fourth-order valence-corrected chi connectivity index (χ4v) is 3.34. The number of Topliss-reactive ketones (excluding diaryl/α,β-unsaturated/α-hetero) is 1. The molecule has 3 nitrogen and oxygen atoms in total. The predicted octanol–water partition coefficient (Wildman–Crippen LogP) is 2.34. The van der Waals surface area contributed by atoms with Crippen LogP contribution >= 0.6 is 38.9 Å². The Hall–Kier alpha value is -0.390. The molecule has 0 spiro atoms. The number of piperidine rings is 1. The summed E-state index contributed by atoms with van der Waals surface area (Å²) < 4.78 is 0. The summed E-state index contributed by atoms with van der Waals surface area (Å²) in [6.45, 7) is 1.79. The van der Waals surface area contributed by atoms with Crippen LogP contribution in [0, 0.1) is 0 Å². The summed E-state index contributed by atoms with van der Waals surface area (Å²) in [6.07, 6.45) is 0. The third-order valence-electron chi connectivity index (χ3n) is 2.53. The Labute approximate surface area is 110 Å². The maximum atomic E-state index is 12.0. The normalized spacial score (nSPS) is 30.3. The van der Waals surface area contributed by atoms with E-state index >= 15 is 0 Å². The van der Waals surface area contributed by atoms with E-state index in [0.717, 1.165) is 0 Å². The van der Waals surface area contributed by atoms with Crippen LogP contribution in [0.3, 0.4) is 0 Å². The first-order chi connectivity index (χ1) is 7.52. The number of carbonyl (C=O) groups excluding carboxylic acids is 2. The van der Waals surface area contributed by atoms with Crippen LogP contribution in [0.15, 0.2) is 11.4 Å². The van der Waals surface area contributed by atoms with Gasteiger partial charge in [-0.05, 0) is 18.4 Å². The number of halogens is 2. The van der Waals surface area contributed by atoms with Crippen LogP contribution in [0.1, 0.15) is 17.7 Å². The quantitative estimate of drug-likeness (QED) is 0.637. The third kappa shape index (κ3) is 1.92. The molecule has 1 amide bonds. The van der Waals surface area contributed by atoms with E-state index in [1.807, 2.05) is 0 Å². The smallest absolute Gasteiger partial charge is 0.236 e. The van der Waals surface area contributed by atoms with Crippen molar-refractivity contribution in [2.45, 2.75) is 23.7 Å². The van der Waals surface area contributed by atoms with E-state index in [9.17, 15) is 9.59 Å². The van der Waals surface area contributed by atoms with Crippen LogP contribution in [0.2, 0.25) is 5.02 Å². The minimum atomic E-state index is -0.770. The van der Waals surface area contributed by atoms with E-state index in [-0.39, 0.29) is 22.6 Å². The van der Waals surface area contributed by atoms with Crippen molar-refractivity contribution in [1.82, 2.24) is 5.32 Å². The molecule has 16 heavy (non-hydrogen) atoms. The topological polar surface area (TPSA) is 46.2 Å². The van der Waals surface area contributed by atoms with Gasteiger partial charge in [-0.2, -0.15) is 0 Å². The SMILES string of the molecule is CC1NC(=O)C(c2sccc2Cl)C(=O)C1Br. The highest BCUT2D eigenvalue weighted by atomic mass is 79.9. The lowest BCUT2D eigenvalue weighted by Crippen LogP contribution is -2.53. The van der Waals surface area contributed by atoms with E-state index in [4.69, 9.17) is 11.6 Å². The fourth-order valence-electron chi connectivity index (χ4n) is 1.68. The van der Waals surface area contributed by atoms with Crippen molar-refractivity contribution < 1.29 is 9.59 Å². The molecule has 1 fully saturated rings. The Kier molecular flexibility index (Phi) is 3.37. The van der Waals surface area contributed by atoms with Gasteiger partial charge in [0.1, 0.15) is 5.92 Å². The van der Waals surface area contributed by atoms with Gasteiger partial charge in [-0.3, -0.25) is 9.59 Å². The largest absolute Gasteiger partial charge is 0.351 e. The van der Waals surface area contributed by atoms with Crippen LogP contribution < -0.4 is 5.32 Å². The minimum Gasteiger partial charge on any atom is -0.351 e. The molecule has 0 aliphatic carbocycles. The second kappa shape index (κ2) is 4.47. The monoisotopic (exact) mass is 321 g/mol. The highest BCUT2D eigenvalue weighted by Gasteiger charge is 2.42. The molecule has 6 heteroatoms. The first-order valence-electron chi connectivity index (χ1n) is 4.73. The van der Waals surface area contributed by atoms with Gasteiger partial charge in [-0.15, -0.1) is 11.3 Å². The highest BCUT2D eigenvalue weighted by molar-refractivity contribution is 9.10. The molecule has 0 radical (unpaired) electrons. The van der Waals surface area contributed by atoms with Crippen molar-refractivity contribution in [3.63, 3.8) is 0 Å². The number of hydrogen-bond donors (Lipinski definition) is 1. The molecule has 3 atom stereocenters. The first-order valence-corrected chi connectivity index (χ1v) is 6.90. The maximum absolute atomic E-state index is 12.0. The number of ketones is 1. The lowest BCUT2D eigenvalue weighted by atomic mass is 9.91. The summed E-state index contributed by atoms with van der Waals surface area (Å²) in [6, 6.07) is 1.51. The van der Waals surface area contributed by atoms with E-state index in [2.05, 4.69) is 21.2 Å². The van der Waals surface area contributed by atoms with Gasteiger partial charge in [0.15, 0.2) is 5.78 Å². The number of nitrogens with one attached hydrogen (secondary N) is 1. The van der Waals surface area contributed by atoms with Gasteiger partial charge in [-0.25, -0.2) is 0 Å². The number of alkyl halides is 1. The van der Waals surface area contributed by atoms with Crippen LogP contribution in [0.4, 0.5) is 0 Å². The van der Waals surface area contributed by atoms with Gasteiger partial charge < -0.3 is 5.32 Å². The summed E-state index contributed by atoms with van der Waals surface area (Å²) in [4.78, 5) is 24.1. The van der Waals surface area contributed by atoms with Crippen LogP contribution in [-0.2, 0) is 9.59 Å². The number of thiophene rings is 1. The molecule has 0 bridgehead atoms. The molecule has 0 saturated carbocycles. The highest BCUT2D eigenvalue weighted by Crippen LogP contribution is 2.35. The minimum absolute atomic E-state index is 0.124. The van der Waals surface area contributed by atoms with E-state index in [0.29, 0.717) is 9.90 Å². The molecule has 2 heterocycles. The number of hydrogen-bond acceptors (Lipinski definition) is 3. The molecule has 1 aromatic rings. The van der Waals surface area contributed by atoms with E-state index < -0.39 is 5.92 Å². The van der Waals surface area contributed by atoms with Gasteiger partial charge in [0, 0.05) is 10.9 Å². The van der Waals surface area contributed by atoms with Gasteiger partial charge in [0.25, 0.3) is 0 Å². The second-order valence-corrected chi connectivity index (χ2v) is 6.01. The molecule has 1 saturated heterocycles. The van der Waals surface area contributed by atoms with Crippen molar-refractivity contribution in [3.8, 4) is 0 Å². The third-order valence-corrected chi connectivity index (χ3v) is 5.20. The number of carbonyl (C=O) groups is 2. The summed E-state index contributed by atoms with van der Waals surface area (Å²) in [7, 11) is 0. The lowest BCUT2D eigenvalue weighted by Gasteiger charge is -2.29. The first kappa shape index (κ1) is 12.1. The molecule has 86 valence electrons. The Morgan fingerprint density at radius 2 is 2.19 bits per heavy atom. The van der Waals surface area contributed by atoms with E-state index in [1.54, 1.807) is 18.4 Å². The molecule has 1 aliphatic heterocycles. The van der Waals surface area contributed by atoms with Gasteiger partial charge in [0.2, 0.25) is 5.91 Å². The average molecular weight is 323 g/mol. The Morgan fingerprint density at radius 3 is 2.75 bits per heavy atom. The molecular weight excluding hydrogens is 314 g/mol. The van der Waals surface area contributed by atoms with Gasteiger partial charge >= 0.3 is 0 Å². The molecule has 1 N–H and O–H groups in total.